The number of para-hydroxylation sites is 1. The lowest BCUT2D eigenvalue weighted by Gasteiger charge is -2.27. The molecule has 0 aliphatic heterocycles. The summed E-state index contributed by atoms with van der Waals surface area (Å²) < 4.78 is 26.9. The van der Waals surface area contributed by atoms with Gasteiger partial charge >= 0.3 is 5.97 Å². The molecule has 2 N–H and O–H groups in total. The van der Waals surface area contributed by atoms with Gasteiger partial charge in [-0.15, -0.1) is 0 Å². The summed E-state index contributed by atoms with van der Waals surface area (Å²) in [6, 6.07) is 11.5. The molecule has 0 spiro atoms. The summed E-state index contributed by atoms with van der Waals surface area (Å²) in [6.07, 6.45) is 0.0222. The molecule has 0 fully saturated rings. The molecular weight excluding hydrogens is 276 g/mol. The number of carbonyl (C=O) groups is 1. The zero-order valence-corrected chi connectivity index (χ0v) is 11.4. The first-order chi connectivity index (χ1) is 9.90. The Morgan fingerprint density at radius 1 is 1.19 bits per heavy atom. The van der Waals surface area contributed by atoms with E-state index < -0.39 is 23.1 Å². The van der Waals surface area contributed by atoms with Gasteiger partial charge in [0.15, 0.2) is 0 Å². The number of benzene rings is 2. The number of hydrogen-bond acceptors (Lipinski definition) is 2. The first-order valence-electron chi connectivity index (χ1n) is 6.41. The van der Waals surface area contributed by atoms with Gasteiger partial charge < -0.3 is 10.4 Å². The highest BCUT2D eigenvalue weighted by Gasteiger charge is 2.34. The summed E-state index contributed by atoms with van der Waals surface area (Å²) in [5.41, 5.74) is -0.835. The predicted molar refractivity (Wildman–Crippen MR) is 76.2 cm³/mol. The van der Waals surface area contributed by atoms with Gasteiger partial charge in [0.1, 0.15) is 17.2 Å². The predicted octanol–water partition coefficient (Wildman–Crippen LogP) is 3.46. The van der Waals surface area contributed by atoms with Crippen molar-refractivity contribution in [2.45, 2.75) is 18.9 Å². The van der Waals surface area contributed by atoms with E-state index in [0.29, 0.717) is 5.56 Å². The van der Waals surface area contributed by atoms with E-state index in [2.05, 4.69) is 5.32 Å². The van der Waals surface area contributed by atoms with Crippen LogP contribution in [-0.4, -0.2) is 16.6 Å². The maximum Gasteiger partial charge on any atom is 0.329 e. The van der Waals surface area contributed by atoms with Gasteiger partial charge in [-0.1, -0.05) is 24.3 Å². The molecule has 1 atom stereocenters. The molecule has 0 heterocycles. The van der Waals surface area contributed by atoms with E-state index in [0.717, 1.165) is 0 Å². The van der Waals surface area contributed by atoms with Crippen LogP contribution in [0.25, 0.3) is 0 Å². The molecule has 1 unspecified atom stereocenters. The zero-order chi connectivity index (χ0) is 15.5. The average Bonchev–Trinajstić information content (AvgIpc) is 2.41. The van der Waals surface area contributed by atoms with Crippen molar-refractivity contribution in [1.29, 1.82) is 0 Å². The van der Waals surface area contributed by atoms with Crippen LogP contribution in [0.5, 0.6) is 0 Å². The molecule has 110 valence electrons. The number of carboxylic acid groups (broad SMARTS) is 1. The summed E-state index contributed by atoms with van der Waals surface area (Å²) >= 11 is 0. The van der Waals surface area contributed by atoms with Crippen LogP contribution in [-0.2, 0) is 11.2 Å². The fourth-order valence-electron chi connectivity index (χ4n) is 2.09. The normalized spacial score (nSPS) is 13.5. The second-order valence-corrected chi connectivity index (χ2v) is 5.05. The van der Waals surface area contributed by atoms with Gasteiger partial charge in [0.25, 0.3) is 0 Å². The summed E-state index contributed by atoms with van der Waals surface area (Å²) in [7, 11) is 0. The Bertz CT molecular complexity index is 660. The monoisotopic (exact) mass is 291 g/mol. The van der Waals surface area contributed by atoms with Gasteiger partial charge in [-0.25, -0.2) is 13.6 Å². The largest absolute Gasteiger partial charge is 0.480 e. The quantitative estimate of drug-likeness (QED) is 0.887. The third-order valence-corrected chi connectivity index (χ3v) is 3.20. The molecule has 2 aromatic rings. The number of carboxylic acids is 1. The molecule has 3 nitrogen and oxygen atoms in total. The number of rotatable bonds is 5. The van der Waals surface area contributed by atoms with Gasteiger partial charge in [-0.05, 0) is 36.8 Å². The Morgan fingerprint density at radius 3 is 2.52 bits per heavy atom. The van der Waals surface area contributed by atoms with Crippen LogP contribution in [0.3, 0.4) is 0 Å². The molecular formula is C16H15F2NO2. The SMILES string of the molecule is CC(Cc1cccc(F)c1)(Nc1ccccc1F)C(=O)O. The van der Waals surface area contributed by atoms with Gasteiger partial charge in [-0.3, -0.25) is 0 Å². The Balaban J connectivity index is 2.29. The van der Waals surface area contributed by atoms with Crippen LogP contribution < -0.4 is 5.32 Å². The Labute approximate surface area is 121 Å². The average molecular weight is 291 g/mol. The van der Waals surface area contributed by atoms with E-state index in [1.807, 2.05) is 0 Å². The minimum atomic E-state index is -1.45. The molecule has 0 aliphatic rings. The van der Waals surface area contributed by atoms with E-state index in [1.165, 1.54) is 43.3 Å². The van der Waals surface area contributed by atoms with E-state index in [-0.39, 0.29) is 12.1 Å². The summed E-state index contributed by atoms with van der Waals surface area (Å²) in [6.45, 7) is 1.44. The molecule has 0 radical (unpaired) electrons. The molecule has 0 saturated heterocycles. The van der Waals surface area contributed by atoms with E-state index in [9.17, 15) is 18.7 Å². The lowest BCUT2D eigenvalue weighted by molar-refractivity contribution is -0.141. The highest BCUT2D eigenvalue weighted by Crippen LogP contribution is 2.23. The van der Waals surface area contributed by atoms with Crippen molar-refractivity contribution in [3.8, 4) is 0 Å². The number of hydrogen-bond donors (Lipinski definition) is 2. The van der Waals surface area contributed by atoms with Gasteiger partial charge in [0.05, 0.1) is 5.69 Å². The second-order valence-electron chi connectivity index (χ2n) is 5.05. The summed E-state index contributed by atoms with van der Waals surface area (Å²) in [5.74, 6) is -2.12. The minimum Gasteiger partial charge on any atom is -0.480 e. The van der Waals surface area contributed by atoms with Crippen LogP contribution in [0.2, 0.25) is 0 Å². The standard InChI is InChI=1S/C16H15F2NO2/c1-16(15(20)21,10-11-5-4-6-12(17)9-11)19-14-8-3-2-7-13(14)18/h2-9,19H,10H2,1H3,(H,20,21). The van der Waals surface area contributed by atoms with Gasteiger partial charge in [0, 0.05) is 6.42 Å². The molecule has 2 aromatic carbocycles. The Hall–Kier alpha value is -2.43. The molecule has 5 heteroatoms. The van der Waals surface area contributed by atoms with E-state index in [4.69, 9.17) is 0 Å². The molecule has 21 heavy (non-hydrogen) atoms. The maximum absolute atomic E-state index is 13.7. The van der Waals surface area contributed by atoms with Crippen molar-refractivity contribution in [3.05, 3.63) is 65.7 Å². The fraction of sp³-hybridized carbons (Fsp3) is 0.188. The Kier molecular flexibility index (Phi) is 4.21. The minimum absolute atomic E-state index is 0.0222. The third kappa shape index (κ3) is 3.56. The highest BCUT2D eigenvalue weighted by molar-refractivity contribution is 5.82. The fourth-order valence-corrected chi connectivity index (χ4v) is 2.09. The molecule has 0 amide bonds. The van der Waals surface area contributed by atoms with Crippen molar-refractivity contribution < 1.29 is 18.7 Å². The van der Waals surface area contributed by atoms with Gasteiger partial charge in [-0.2, -0.15) is 0 Å². The summed E-state index contributed by atoms with van der Waals surface area (Å²) in [5, 5.41) is 12.1. The highest BCUT2D eigenvalue weighted by atomic mass is 19.1. The first kappa shape index (κ1) is 15.0. The van der Waals surface area contributed by atoms with Crippen molar-refractivity contribution in [1.82, 2.24) is 0 Å². The van der Waals surface area contributed by atoms with Gasteiger partial charge in [0.2, 0.25) is 0 Å². The van der Waals surface area contributed by atoms with Crippen molar-refractivity contribution >= 4 is 11.7 Å². The van der Waals surface area contributed by atoms with Crippen LogP contribution in [0.4, 0.5) is 14.5 Å². The zero-order valence-electron chi connectivity index (χ0n) is 11.4. The number of aliphatic carboxylic acids is 1. The van der Waals surface area contributed by atoms with Crippen LogP contribution in [0, 0.1) is 11.6 Å². The lowest BCUT2D eigenvalue weighted by Crippen LogP contribution is -2.45. The maximum atomic E-state index is 13.7. The number of anilines is 1. The van der Waals surface area contributed by atoms with Crippen LogP contribution in [0.15, 0.2) is 48.5 Å². The van der Waals surface area contributed by atoms with E-state index in [1.54, 1.807) is 12.1 Å². The molecule has 2 rings (SSSR count). The number of nitrogens with one attached hydrogen (secondary N) is 1. The van der Waals surface area contributed by atoms with Crippen molar-refractivity contribution in [3.63, 3.8) is 0 Å². The van der Waals surface area contributed by atoms with Crippen molar-refractivity contribution in [2.75, 3.05) is 5.32 Å². The van der Waals surface area contributed by atoms with E-state index >= 15 is 0 Å². The molecule has 0 bridgehead atoms. The summed E-state index contributed by atoms with van der Waals surface area (Å²) in [4.78, 5) is 11.5. The molecule has 0 aliphatic carbocycles. The van der Waals surface area contributed by atoms with Crippen molar-refractivity contribution in [2.24, 2.45) is 0 Å². The Morgan fingerprint density at radius 2 is 1.90 bits per heavy atom. The molecule has 0 aromatic heterocycles. The smallest absolute Gasteiger partial charge is 0.329 e. The topological polar surface area (TPSA) is 49.3 Å². The second kappa shape index (κ2) is 5.91. The van der Waals surface area contributed by atoms with Crippen LogP contribution >= 0.6 is 0 Å². The lowest BCUT2D eigenvalue weighted by atomic mass is 9.92. The van der Waals surface area contributed by atoms with Crippen LogP contribution in [0.1, 0.15) is 12.5 Å². The first-order valence-corrected chi connectivity index (χ1v) is 6.41. The number of halogens is 2. The third-order valence-electron chi connectivity index (χ3n) is 3.20. The molecule has 0 saturated carbocycles.